The number of rotatable bonds is 15. The van der Waals surface area contributed by atoms with Crippen LogP contribution in [0.4, 0.5) is 0 Å². The number of hydrogen-bond acceptors (Lipinski definition) is 7. The van der Waals surface area contributed by atoms with Crippen molar-refractivity contribution in [3.8, 4) is 0 Å². The highest BCUT2D eigenvalue weighted by atomic mass is 16.4. The van der Waals surface area contributed by atoms with E-state index in [1.54, 1.807) is 13.8 Å². The summed E-state index contributed by atoms with van der Waals surface area (Å²) in [4.78, 5) is 59.7. The van der Waals surface area contributed by atoms with Gasteiger partial charge in [-0.3, -0.25) is 19.2 Å². The molecule has 12 nitrogen and oxygen atoms in total. The molecular formula is C20H36N4O8. The SMILES string of the molecule is CCC(C)C(NC(=O)C(CC(C)C)NC(=O)C(N)CCC(=O)O)C(=O)NC(CO)C(=O)O. The predicted molar refractivity (Wildman–Crippen MR) is 114 cm³/mol. The first-order chi connectivity index (χ1) is 14.8. The van der Waals surface area contributed by atoms with E-state index in [1.165, 1.54) is 0 Å². The predicted octanol–water partition coefficient (Wildman–Crippen LogP) is -1.20. The summed E-state index contributed by atoms with van der Waals surface area (Å²) in [6, 6.07) is -4.79. The third kappa shape index (κ3) is 10.5. The minimum atomic E-state index is -1.52. The van der Waals surface area contributed by atoms with Crippen molar-refractivity contribution in [1.82, 2.24) is 16.0 Å². The van der Waals surface area contributed by atoms with Crippen molar-refractivity contribution in [2.75, 3.05) is 6.61 Å². The minimum Gasteiger partial charge on any atom is -0.481 e. The molecule has 0 aromatic rings. The first kappa shape index (κ1) is 29.3. The van der Waals surface area contributed by atoms with Crippen LogP contribution in [0.5, 0.6) is 0 Å². The number of carbonyl (C=O) groups excluding carboxylic acids is 3. The van der Waals surface area contributed by atoms with Crippen LogP contribution in [0.15, 0.2) is 0 Å². The van der Waals surface area contributed by atoms with Crippen molar-refractivity contribution in [3.63, 3.8) is 0 Å². The van der Waals surface area contributed by atoms with Crippen LogP contribution in [-0.2, 0) is 24.0 Å². The fraction of sp³-hybridized carbons (Fsp3) is 0.750. The third-order valence-corrected chi connectivity index (χ3v) is 4.94. The van der Waals surface area contributed by atoms with Crippen molar-refractivity contribution in [1.29, 1.82) is 0 Å². The summed E-state index contributed by atoms with van der Waals surface area (Å²) in [5.74, 6) is -5.04. The molecule has 12 heteroatoms. The molecule has 0 fully saturated rings. The number of aliphatic carboxylic acids is 2. The van der Waals surface area contributed by atoms with Gasteiger partial charge in [0.05, 0.1) is 12.6 Å². The largest absolute Gasteiger partial charge is 0.481 e. The van der Waals surface area contributed by atoms with Gasteiger partial charge in [0.25, 0.3) is 0 Å². The van der Waals surface area contributed by atoms with Crippen LogP contribution in [-0.4, -0.2) is 75.8 Å². The van der Waals surface area contributed by atoms with Gasteiger partial charge in [-0.05, 0) is 24.7 Å². The average Bonchev–Trinajstić information content (AvgIpc) is 2.71. The van der Waals surface area contributed by atoms with Gasteiger partial charge in [-0.25, -0.2) is 4.79 Å². The Bertz CT molecular complexity index is 670. The highest BCUT2D eigenvalue weighted by Crippen LogP contribution is 2.11. The van der Waals surface area contributed by atoms with Crippen LogP contribution in [0.1, 0.15) is 53.4 Å². The zero-order valence-corrected chi connectivity index (χ0v) is 19.0. The van der Waals surface area contributed by atoms with Crippen molar-refractivity contribution in [2.45, 2.75) is 77.5 Å². The molecule has 0 rings (SSSR count). The highest BCUT2D eigenvalue weighted by molar-refractivity contribution is 5.94. The fourth-order valence-electron chi connectivity index (χ4n) is 2.79. The number of nitrogens with two attached hydrogens (primary N) is 1. The Morgan fingerprint density at radius 1 is 0.875 bits per heavy atom. The van der Waals surface area contributed by atoms with E-state index in [2.05, 4.69) is 16.0 Å². The van der Waals surface area contributed by atoms with Gasteiger partial charge < -0.3 is 37.0 Å². The molecule has 0 saturated heterocycles. The lowest BCUT2D eigenvalue weighted by atomic mass is 9.96. The van der Waals surface area contributed by atoms with E-state index in [-0.39, 0.29) is 31.1 Å². The van der Waals surface area contributed by atoms with Crippen molar-refractivity contribution < 1.29 is 39.3 Å². The van der Waals surface area contributed by atoms with Crippen LogP contribution in [0.3, 0.4) is 0 Å². The Hall–Kier alpha value is -2.73. The molecule has 0 aliphatic heterocycles. The molecule has 0 aromatic carbocycles. The van der Waals surface area contributed by atoms with Gasteiger partial charge in [-0.2, -0.15) is 0 Å². The van der Waals surface area contributed by atoms with E-state index in [9.17, 15) is 24.0 Å². The molecule has 0 saturated carbocycles. The Morgan fingerprint density at radius 3 is 1.88 bits per heavy atom. The maximum Gasteiger partial charge on any atom is 0.328 e. The fourth-order valence-corrected chi connectivity index (χ4v) is 2.79. The number of aliphatic hydroxyl groups excluding tert-OH is 1. The van der Waals surface area contributed by atoms with Gasteiger partial charge in [0.2, 0.25) is 17.7 Å². The first-order valence-electron chi connectivity index (χ1n) is 10.6. The number of carboxylic acids is 2. The van der Waals surface area contributed by atoms with Crippen LogP contribution >= 0.6 is 0 Å². The first-order valence-corrected chi connectivity index (χ1v) is 10.6. The van der Waals surface area contributed by atoms with Crippen molar-refractivity contribution >= 4 is 29.7 Å². The Morgan fingerprint density at radius 2 is 1.44 bits per heavy atom. The van der Waals surface area contributed by atoms with E-state index >= 15 is 0 Å². The molecular weight excluding hydrogens is 424 g/mol. The molecule has 0 aliphatic carbocycles. The molecule has 0 heterocycles. The zero-order valence-electron chi connectivity index (χ0n) is 19.0. The highest BCUT2D eigenvalue weighted by Gasteiger charge is 2.32. The van der Waals surface area contributed by atoms with Gasteiger partial charge in [0.1, 0.15) is 18.1 Å². The van der Waals surface area contributed by atoms with Gasteiger partial charge in [-0.1, -0.05) is 34.1 Å². The van der Waals surface area contributed by atoms with Gasteiger partial charge >= 0.3 is 11.9 Å². The van der Waals surface area contributed by atoms with E-state index in [4.69, 9.17) is 21.1 Å². The van der Waals surface area contributed by atoms with Crippen molar-refractivity contribution in [3.05, 3.63) is 0 Å². The number of nitrogens with one attached hydrogen (secondary N) is 3. The average molecular weight is 461 g/mol. The van der Waals surface area contributed by atoms with E-state index in [0.717, 1.165) is 0 Å². The molecule has 0 spiro atoms. The molecule has 0 aliphatic rings. The van der Waals surface area contributed by atoms with E-state index in [1.807, 2.05) is 13.8 Å². The topological polar surface area (TPSA) is 208 Å². The summed E-state index contributed by atoms with van der Waals surface area (Å²) in [6.07, 6.45) is 0.303. The lowest BCUT2D eigenvalue weighted by molar-refractivity contribution is -0.143. The van der Waals surface area contributed by atoms with E-state index < -0.39 is 60.4 Å². The van der Waals surface area contributed by atoms with Gasteiger partial charge in [0.15, 0.2) is 0 Å². The third-order valence-electron chi connectivity index (χ3n) is 4.94. The normalized spacial score (nSPS) is 15.7. The molecule has 0 aromatic heterocycles. The Labute approximate surface area is 187 Å². The second kappa shape index (κ2) is 14.4. The van der Waals surface area contributed by atoms with Gasteiger partial charge in [-0.15, -0.1) is 0 Å². The van der Waals surface area contributed by atoms with Crippen LogP contribution < -0.4 is 21.7 Å². The maximum absolute atomic E-state index is 12.9. The molecule has 5 unspecified atom stereocenters. The standard InChI is InChI=1S/C20H36N4O8/c1-5-11(4)16(19(30)23-14(9-25)20(31)32)24-18(29)13(8-10(2)3)22-17(28)12(21)6-7-15(26)27/h10-14,16,25H,5-9,21H2,1-4H3,(H,22,28)(H,23,30)(H,24,29)(H,26,27)(H,31,32). The number of carbonyl (C=O) groups is 5. The van der Waals surface area contributed by atoms with Crippen LogP contribution in [0.25, 0.3) is 0 Å². The molecule has 5 atom stereocenters. The van der Waals surface area contributed by atoms with Crippen LogP contribution in [0.2, 0.25) is 0 Å². The summed E-state index contributed by atoms with van der Waals surface area (Å²) in [7, 11) is 0. The number of amides is 3. The minimum absolute atomic E-state index is 0.0112. The zero-order chi connectivity index (χ0) is 25.0. The van der Waals surface area contributed by atoms with Crippen LogP contribution in [0, 0.1) is 11.8 Å². The lowest BCUT2D eigenvalue weighted by Crippen LogP contribution is -2.59. The summed E-state index contributed by atoms with van der Waals surface area (Å²) in [6.45, 7) is 6.31. The van der Waals surface area contributed by atoms with E-state index in [0.29, 0.717) is 6.42 Å². The second-order valence-corrected chi connectivity index (χ2v) is 8.18. The molecule has 184 valence electrons. The molecule has 0 bridgehead atoms. The maximum atomic E-state index is 12.9. The Kier molecular flexibility index (Phi) is 13.1. The molecule has 0 radical (unpaired) electrons. The quantitative estimate of drug-likeness (QED) is 0.156. The molecule has 32 heavy (non-hydrogen) atoms. The number of hydrogen-bond donors (Lipinski definition) is 7. The number of aliphatic hydroxyl groups is 1. The second-order valence-electron chi connectivity index (χ2n) is 8.18. The summed E-state index contributed by atoms with van der Waals surface area (Å²) in [5, 5.41) is 34.2. The summed E-state index contributed by atoms with van der Waals surface area (Å²) < 4.78 is 0. The smallest absolute Gasteiger partial charge is 0.328 e. The lowest BCUT2D eigenvalue weighted by Gasteiger charge is -2.28. The number of carboxylic acid groups (broad SMARTS) is 2. The monoisotopic (exact) mass is 460 g/mol. The van der Waals surface area contributed by atoms with Crippen molar-refractivity contribution in [2.24, 2.45) is 17.6 Å². The molecule has 8 N–H and O–H groups in total. The summed E-state index contributed by atoms with van der Waals surface area (Å²) in [5.41, 5.74) is 5.71. The Balaban J connectivity index is 5.44. The van der Waals surface area contributed by atoms with Gasteiger partial charge in [0, 0.05) is 6.42 Å². The summed E-state index contributed by atoms with van der Waals surface area (Å²) >= 11 is 0. The molecule has 3 amide bonds.